The number of benzene rings is 2. The Kier molecular flexibility index (Phi) is 6.85. The van der Waals surface area contributed by atoms with Crippen molar-refractivity contribution in [3.63, 3.8) is 0 Å². The van der Waals surface area contributed by atoms with Gasteiger partial charge in [-0.2, -0.15) is 0 Å². The number of hydrogen-bond acceptors (Lipinski definition) is 6. The first-order chi connectivity index (χ1) is 18.9. The summed E-state index contributed by atoms with van der Waals surface area (Å²) in [7, 11) is 3.38. The van der Waals surface area contributed by atoms with Crippen LogP contribution in [0.15, 0.2) is 40.9 Å². The monoisotopic (exact) mass is 548 g/mol. The Hall–Kier alpha value is -3.36. The van der Waals surface area contributed by atoms with Crippen molar-refractivity contribution in [1.82, 2.24) is 14.7 Å². The molecule has 1 aliphatic carbocycles. The molecule has 0 bridgehead atoms. The molecule has 8 nitrogen and oxygen atoms in total. The van der Waals surface area contributed by atoms with Crippen LogP contribution in [0.25, 0.3) is 22.2 Å². The topological polar surface area (TPSA) is 82.6 Å². The molecule has 3 heterocycles. The number of anilines is 1. The van der Waals surface area contributed by atoms with Crippen molar-refractivity contribution in [3.8, 4) is 16.9 Å². The van der Waals surface area contributed by atoms with Gasteiger partial charge in [0.2, 0.25) is 5.91 Å². The lowest BCUT2D eigenvalue weighted by Crippen LogP contribution is -2.31. The summed E-state index contributed by atoms with van der Waals surface area (Å²) >= 11 is 6.48. The van der Waals surface area contributed by atoms with Crippen molar-refractivity contribution in [2.75, 3.05) is 19.1 Å². The van der Waals surface area contributed by atoms with Gasteiger partial charge in [0.15, 0.2) is 0 Å². The number of carbonyl (C=O) groups is 1. The number of aryl methyl sites for hydroxylation is 2. The summed E-state index contributed by atoms with van der Waals surface area (Å²) in [6, 6.07) is 12.0. The Bertz CT molecular complexity index is 1520. The molecule has 2 aromatic heterocycles. The quantitative estimate of drug-likeness (QED) is 0.259. The second-order valence-corrected chi connectivity index (χ2v) is 11.0. The number of halogens is 1. The fourth-order valence-corrected chi connectivity index (χ4v) is 6.64. The van der Waals surface area contributed by atoms with Crippen LogP contribution in [0, 0.1) is 13.8 Å². The zero-order valence-electron chi connectivity index (χ0n) is 22.7. The largest absolute Gasteiger partial charge is 0.495 e. The maximum absolute atomic E-state index is 13.3. The third kappa shape index (κ3) is 4.49. The van der Waals surface area contributed by atoms with Crippen molar-refractivity contribution >= 4 is 34.2 Å². The number of methoxy groups -OCH3 is 2. The van der Waals surface area contributed by atoms with Crippen LogP contribution in [0.1, 0.15) is 67.9 Å². The van der Waals surface area contributed by atoms with Gasteiger partial charge in [-0.1, -0.05) is 22.8 Å². The third-order valence-electron chi connectivity index (χ3n) is 8.30. The minimum absolute atomic E-state index is 0.0688. The molecular weight excluding hydrogens is 516 g/mol. The Morgan fingerprint density at radius 3 is 2.49 bits per heavy atom. The molecule has 1 saturated heterocycles. The standard InChI is InChI=1S/C30H33ClN4O4/c1-17-29(18(2)39-33-17)19-5-11-25-24(15-19)32-30(35(25)20-6-9-22(37-3)10-7-20)26-12-14-28(36)34(26)21-8-13-27(38-4)23(31)16-21/h5,8,11,13,15-16,20,22,26H,6-7,9-10,12,14H2,1-4H3. The summed E-state index contributed by atoms with van der Waals surface area (Å²) in [6.07, 6.45) is 5.43. The predicted molar refractivity (Wildman–Crippen MR) is 150 cm³/mol. The molecule has 6 rings (SSSR count). The molecule has 2 fully saturated rings. The number of ether oxygens (including phenoxy) is 2. The third-order valence-corrected chi connectivity index (χ3v) is 8.60. The molecule has 4 aromatic rings. The Morgan fingerprint density at radius 1 is 1.03 bits per heavy atom. The molecule has 39 heavy (non-hydrogen) atoms. The lowest BCUT2D eigenvalue weighted by atomic mass is 9.92. The van der Waals surface area contributed by atoms with E-state index in [0.29, 0.717) is 23.6 Å². The molecule has 9 heteroatoms. The molecule has 1 saturated carbocycles. The van der Waals surface area contributed by atoms with Gasteiger partial charge in [0.05, 0.1) is 41.0 Å². The van der Waals surface area contributed by atoms with Crippen LogP contribution in [-0.4, -0.2) is 40.9 Å². The number of nitrogens with zero attached hydrogens (tertiary/aromatic N) is 4. The highest BCUT2D eigenvalue weighted by atomic mass is 35.5. The van der Waals surface area contributed by atoms with E-state index in [1.165, 1.54) is 0 Å². The predicted octanol–water partition coefficient (Wildman–Crippen LogP) is 6.97. The van der Waals surface area contributed by atoms with E-state index in [0.717, 1.165) is 70.8 Å². The first-order valence-corrected chi connectivity index (χ1v) is 13.9. The number of hydrogen-bond donors (Lipinski definition) is 0. The Labute approximate surface area is 232 Å². The number of aromatic nitrogens is 3. The molecule has 1 amide bonds. The molecule has 1 atom stereocenters. The highest BCUT2D eigenvalue weighted by Gasteiger charge is 2.38. The molecule has 0 N–H and O–H groups in total. The fourth-order valence-electron chi connectivity index (χ4n) is 6.38. The number of carbonyl (C=O) groups excluding carboxylic acids is 1. The molecule has 0 spiro atoms. The summed E-state index contributed by atoms with van der Waals surface area (Å²) in [5.74, 6) is 2.35. The highest BCUT2D eigenvalue weighted by molar-refractivity contribution is 6.32. The van der Waals surface area contributed by atoms with E-state index < -0.39 is 0 Å². The zero-order chi connectivity index (χ0) is 27.3. The van der Waals surface area contributed by atoms with Gasteiger partial charge in [0.1, 0.15) is 17.3 Å². The average molecular weight is 549 g/mol. The van der Waals surface area contributed by atoms with Crippen molar-refractivity contribution in [2.24, 2.45) is 0 Å². The first-order valence-electron chi connectivity index (χ1n) is 13.5. The Morgan fingerprint density at radius 2 is 1.82 bits per heavy atom. The molecular formula is C30H33ClN4O4. The van der Waals surface area contributed by atoms with E-state index in [2.05, 4.69) is 27.9 Å². The number of rotatable bonds is 6. The SMILES string of the molecule is COc1ccc(N2C(=O)CCC2c2nc3cc(-c4c(C)noc4C)ccc3n2C2CCC(OC)CC2)cc1Cl. The maximum Gasteiger partial charge on any atom is 0.227 e. The van der Waals surface area contributed by atoms with Crippen LogP contribution in [0.2, 0.25) is 5.02 Å². The van der Waals surface area contributed by atoms with Crippen LogP contribution < -0.4 is 9.64 Å². The summed E-state index contributed by atoms with van der Waals surface area (Å²) in [6.45, 7) is 3.89. The van der Waals surface area contributed by atoms with Gasteiger partial charge in [-0.3, -0.25) is 4.79 Å². The van der Waals surface area contributed by atoms with E-state index >= 15 is 0 Å². The molecule has 2 aliphatic rings. The van der Waals surface area contributed by atoms with Crippen molar-refractivity contribution < 1.29 is 18.8 Å². The van der Waals surface area contributed by atoms with Gasteiger partial charge in [-0.25, -0.2) is 4.98 Å². The maximum atomic E-state index is 13.3. The molecule has 0 radical (unpaired) electrons. The molecule has 204 valence electrons. The van der Waals surface area contributed by atoms with E-state index in [1.54, 1.807) is 14.2 Å². The van der Waals surface area contributed by atoms with Crippen LogP contribution in [-0.2, 0) is 9.53 Å². The second kappa shape index (κ2) is 10.3. The smallest absolute Gasteiger partial charge is 0.227 e. The number of imidazole rings is 1. The highest BCUT2D eigenvalue weighted by Crippen LogP contribution is 2.43. The van der Waals surface area contributed by atoms with Gasteiger partial charge in [0.25, 0.3) is 0 Å². The minimum atomic E-state index is -0.197. The van der Waals surface area contributed by atoms with Crippen LogP contribution in [0.5, 0.6) is 5.75 Å². The first kappa shape index (κ1) is 25.9. The van der Waals surface area contributed by atoms with Crippen LogP contribution in [0.3, 0.4) is 0 Å². The van der Waals surface area contributed by atoms with Gasteiger partial charge in [-0.15, -0.1) is 0 Å². The lowest BCUT2D eigenvalue weighted by molar-refractivity contribution is -0.117. The number of fused-ring (bicyclic) bond motifs is 1. The van der Waals surface area contributed by atoms with Gasteiger partial charge in [-0.05, 0) is 81.8 Å². The molecule has 2 aromatic carbocycles. The molecule has 1 unspecified atom stereocenters. The molecule has 1 aliphatic heterocycles. The van der Waals surface area contributed by atoms with Gasteiger partial charge < -0.3 is 23.5 Å². The van der Waals surface area contributed by atoms with Gasteiger partial charge in [0, 0.05) is 30.8 Å². The van der Waals surface area contributed by atoms with E-state index in [-0.39, 0.29) is 24.1 Å². The second-order valence-electron chi connectivity index (χ2n) is 10.5. The van der Waals surface area contributed by atoms with E-state index in [1.807, 2.05) is 36.9 Å². The summed E-state index contributed by atoms with van der Waals surface area (Å²) < 4.78 is 18.8. The zero-order valence-corrected chi connectivity index (χ0v) is 23.5. The van der Waals surface area contributed by atoms with E-state index in [4.69, 9.17) is 30.6 Å². The lowest BCUT2D eigenvalue weighted by Gasteiger charge is -2.32. The summed E-state index contributed by atoms with van der Waals surface area (Å²) in [4.78, 5) is 20.4. The fraction of sp³-hybridized carbons (Fsp3) is 0.433. The van der Waals surface area contributed by atoms with Crippen molar-refractivity contribution in [2.45, 2.75) is 70.6 Å². The van der Waals surface area contributed by atoms with Crippen LogP contribution >= 0.6 is 11.6 Å². The van der Waals surface area contributed by atoms with Crippen LogP contribution in [0.4, 0.5) is 5.69 Å². The van der Waals surface area contributed by atoms with E-state index in [9.17, 15) is 4.79 Å². The number of amides is 1. The minimum Gasteiger partial charge on any atom is -0.495 e. The normalized spacial score (nSPS) is 21.7. The van der Waals surface area contributed by atoms with Crippen molar-refractivity contribution in [1.29, 1.82) is 0 Å². The van der Waals surface area contributed by atoms with Gasteiger partial charge >= 0.3 is 0 Å². The summed E-state index contributed by atoms with van der Waals surface area (Å²) in [5, 5.41) is 4.62. The average Bonchev–Trinajstić information content (AvgIpc) is 3.62. The summed E-state index contributed by atoms with van der Waals surface area (Å²) in [5.41, 5.74) is 5.62. The van der Waals surface area contributed by atoms with Crippen molar-refractivity contribution in [3.05, 3.63) is 58.7 Å². The Balaban J connectivity index is 1.48.